The normalized spacial score (nSPS) is 20.1. The lowest BCUT2D eigenvalue weighted by atomic mass is 10.00. The molecular formula is C22H21NO4. The highest BCUT2D eigenvalue weighted by Crippen LogP contribution is 2.44. The molecule has 27 heavy (non-hydrogen) atoms. The first-order chi connectivity index (χ1) is 13.2. The van der Waals surface area contributed by atoms with Crippen molar-refractivity contribution < 1.29 is 19.0 Å². The fraction of sp³-hybridized carbons (Fsp3) is 0.318. The molecule has 0 aromatic heterocycles. The van der Waals surface area contributed by atoms with E-state index in [1.807, 2.05) is 37.3 Å². The molecular weight excluding hydrogens is 342 g/mol. The largest absolute Gasteiger partial charge is 0.496 e. The Labute approximate surface area is 158 Å². The first-order valence-electron chi connectivity index (χ1n) is 9.26. The van der Waals surface area contributed by atoms with E-state index in [2.05, 4.69) is 4.90 Å². The van der Waals surface area contributed by atoms with Crippen LogP contribution in [0.4, 0.5) is 0 Å². The number of hydrogen-bond donors (Lipinski definition) is 0. The maximum Gasteiger partial charge on any atom is 0.231 e. The van der Waals surface area contributed by atoms with Crippen molar-refractivity contribution in [3.63, 3.8) is 0 Å². The number of ether oxygens (including phenoxy) is 3. The summed E-state index contributed by atoms with van der Waals surface area (Å²) in [6, 6.07) is 10.1. The van der Waals surface area contributed by atoms with Crippen LogP contribution in [-0.4, -0.2) is 30.6 Å². The van der Waals surface area contributed by atoms with Crippen LogP contribution in [0.5, 0.6) is 17.2 Å². The lowest BCUT2D eigenvalue weighted by molar-refractivity contribution is 0.0872. The molecule has 0 amide bonds. The van der Waals surface area contributed by atoms with Gasteiger partial charge in [0.2, 0.25) is 5.78 Å². The molecule has 138 valence electrons. The highest BCUT2D eigenvalue weighted by Gasteiger charge is 2.36. The number of Topliss-reactive ketones (excluding diaryl/α,β-unsaturated/α-hetero) is 1. The number of fused-ring (bicyclic) bond motifs is 2. The van der Waals surface area contributed by atoms with Crippen molar-refractivity contribution in [2.45, 2.75) is 32.4 Å². The molecule has 0 unspecified atom stereocenters. The van der Waals surface area contributed by atoms with Gasteiger partial charge in [-0.3, -0.25) is 9.69 Å². The molecule has 1 fully saturated rings. The standard InChI is InChI=1S/C22H21NO4/c1-13-21-15(11-23(12-26-21)16-7-8-16)9-17-20(24)19(27-22(13)17)10-14-5-3-4-6-18(14)25-2/h3-6,9-10,16H,7-8,11-12H2,1-2H3/b19-10-. The lowest BCUT2D eigenvalue weighted by Crippen LogP contribution is -2.34. The lowest BCUT2D eigenvalue weighted by Gasteiger charge is -2.30. The summed E-state index contributed by atoms with van der Waals surface area (Å²) in [7, 11) is 1.62. The molecule has 1 aliphatic carbocycles. The minimum Gasteiger partial charge on any atom is -0.496 e. The van der Waals surface area contributed by atoms with Gasteiger partial charge >= 0.3 is 0 Å². The second-order valence-corrected chi connectivity index (χ2v) is 7.30. The van der Waals surface area contributed by atoms with Crippen LogP contribution in [0, 0.1) is 6.92 Å². The predicted molar refractivity (Wildman–Crippen MR) is 101 cm³/mol. The molecule has 5 rings (SSSR count). The fourth-order valence-corrected chi connectivity index (χ4v) is 3.87. The van der Waals surface area contributed by atoms with E-state index in [4.69, 9.17) is 14.2 Å². The number of rotatable bonds is 3. The molecule has 5 nitrogen and oxygen atoms in total. The minimum absolute atomic E-state index is 0.0923. The second kappa shape index (κ2) is 6.13. The quantitative estimate of drug-likeness (QED) is 0.773. The van der Waals surface area contributed by atoms with Crippen LogP contribution in [0.2, 0.25) is 0 Å². The fourth-order valence-electron chi connectivity index (χ4n) is 3.87. The molecule has 0 spiro atoms. The van der Waals surface area contributed by atoms with Crippen LogP contribution in [0.15, 0.2) is 36.1 Å². The van der Waals surface area contributed by atoms with Gasteiger partial charge in [0.1, 0.15) is 24.0 Å². The molecule has 1 saturated carbocycles. The third kappa shape index (κ3) is 2.70. The average molecular weight is 363 g/mol. The van der Waals surface area contributed by atoms with Crippen LogP contribution in [0.1, 0.15) is 39.9 Å². The Morgan fingerprint density at radius 3 is 2.81 bits per heavy atom. The number of methoxy groups -OCH3 is 1. The SMILES string of the molecule is COc1ccccc1/C=C1\Oc2c(cc3c(c2C)OCN(C2CC2)C3)C1=O. The van der Waals surface area contributed by atoms with Crippen LogP contribution in [0.3, 0.4) is 0 Å². The summed E-state index contributed by atoms with van der Waals surface area (Å²) in [5, 5.41) is 0. The maximum absolute atomic E-state index is 13.0. The molecule has 0 radical (unpaired) electrons. The molecule has 0 N–H and O–H groups in total. The van der Waals surface area contributed by atoms with Gasteiger partial charge in [0.05, 0.1) is 12.7 Å². The van der Waals surface area contributed by atoms with Crippen LogP contribution in [0.25, 0.3) is 6.08 Å². The molecule has 5 heteroatoms. The van der Waals surface area contributed by atoms with Crippen LogP contribution >= 0.6 is 0 Å². The molecule has 2 aromatic carbocycles. The molecule has 2 aromatic rings. The van der Waals surface area contributed by atoms with Crippen molar-refractivity contribution in [3.8, 4) is 17.2 Å². The molecule has 3 aliphatic rings. The van der Waals surface area contributed by atoms with Gasteiger partial charge in [-0.15, -0.1) is 0 Å². The number of carbonyl (C=O) groups is 1. The van der Waals surface area contributed by atoms with Crippen molar-refractivity contribution in [1.29, 1.82) is 0 Å². The van der Waals surface area contributed by atoms with Crippen molar-refractivity contribution in [1.82, 2.24) is 4.90 Å². The predicted octanol–water partition coefficient (Wildman–Crippen LogP) is 3.93. The summed E-state index contributed by atoms with van der Waals surface area (Å²) in [4.78, 5) is 15.3. The molecule has 0 bridgehead atoms. The first kappa shape index (κ1) is 16.4. The van der Waals surface area contributed by atoms with Gasteiger partial charge in [-0.1, -0.05) is 18.2 Å². The highest BCUT2D eigenvalue weighted by molar-refractivity contribution is 6.15. The summed E-state index contributed by atoms with van der Waals surface area (Å²) in [5.74, 6) is 2.40. The Kier molecular flexibility index (Phi) is 3.72. The third-order valence-electron chi connectivity index (χ3n) is 5.45. The van der Waals surface area contributed by atoms with E-state index in [0.717, 1.165) is 29.0 Å². The Hall–Kier alpha value is -2.79. The molecule has 2 aliphatic heterocycles. The number of benzene rings is 2. The summed E-state index contributed by atoms with van der Waals surface area (Å²) in [6.45, 7) is 3.39. The zero-order chi connectivity index (χ0) is 18.5. The number of allylic oxidation sites excluding steroid dienone is 1. The Bertz CT molecular complexity index is 975. The van der Waals surface area contributed by atoms with Gasteiger partial charge in [0.25, 0.3) is 0 Å². The second-order valence-electron chi connectivity index (χ2n) is 7.30. The van der Waals surface area contributed by atoms with Gasteiger partial charge in [0, 0.05) is 29.3 Å². The summed E-state index contributed by atoms with van der Waals surface area (Å²) < 4.78 is 17.4. The van der Waals surface area contributed by atoms with Gasteiger partial charge in [-0.2, -0.15) is 0 Å². The van der Waals surface area contributed by atoms with E-state index < -0.39 is 0 Å². The Morgan fingerprint density at radius 2 is 2.04 bits per heavy atom. The average Bonchev–Trinajstić information content (AvgIpc) is 3.49. The minimum atomic E-state index is -0.0923. The maximum atomic E-state index is 13.0. The van der Waals surface area contributed by atoms with Gasteiger partial charge in [-0.05, 0) is 38.0 Å². The number of ketones is 1. The third-order valence-corrected chi connectivity index (χ3v) is 5.45. The zero-order valence-corrected chi connectivity index (χ0v) is 15.5. The zero-order valence-electron chi connectivity index (χ0n) is 15.5. The van der Waals surface area contributed by atoms with E-state index in [1.54, 1.807) is 13.2 Å². The summed E-state index contributed by atoms with van der Waals surface area (Å²) >= 11 is 0. The summed E-state index contributed by atoms with van der Waals surface area (Å²) in [5.41, 5.74) is 3.40. The van der Waals surface area contributed by atoms with Crippen molar-refractivity contribution in [3.05, 3.63) is 58.3 Å². The molecule has 0 atom stereocenters. The van der Waals surface area contributed by atoms with E-state index in [0.29, 0.717) is 35.6 Å². The van der Waals surface area contributed by atoms with Crippen molar-refractivity contribution in [2.75, 3.05) is 13.8 Å². The Balaban J connectivity index is 1.52. The van der Waals surface area contributed by atoms with Crippen molar-refractivity contribution in [2.24, 2.45) is 0 Å². The van der Waals surface area contributed by atoms with E-state index in [-0.39, 0.29) is 5.78 Å². The van der Waals surface area contributed by atoms with Crippen LogP contribution in [-0.2, 0) is 6.54 Å². The van der Waals surface area contributed by atoms with Gasteiger partial charge < -0.3 is 14.2 Å². The van der Waals surface area contributed by atoms with Gasteiger partial charge in [0.15, 0.2) is 5.76 Å². The smallest absolute Gasteiger partial charge is 0.231 e. The van der Waals surface area contributed by atoms with Gasteiger partial charge in [-0.25, -0.2) is 0 Å². The molecule has 0 saturated heterocycles. The first-order valence-corrected chi connectivity index (χ1v) is 9.26. The number of carbonyl (C=O) groups excluding carboxylic acids is 1. The van der Waals surface area contributed by atoms with Crippen LogP contribution < -0.4 is 14.2 Å². The number of para-hydroxylation sites is 1. The number of hydrogen-bond acceptors (Lipinski definition) is 5. The monoisotopic (exact) mass is 363 g/mol. The topological polar surface area (TPSA) is 48.0 Å². The van der Waals surface area contributed by atoms with E-state index in [9.17, 15) is 4.79 Å². The highest BCUT2D eigenvalue weighted by atomic mass is 16.5. The molecule has 2 heterocycles. The Morgan fingerprint density at radius 1 is 1.22 bits per heavy atom. The van der Waals surface area contributed by atoms with E-state index in [1.165, 1.54) is 12.8 Å². The van der Waals surface area contributed by atoms with E-state index >= 15 is 0 Å². The number of nitrogens with zero attached hydrogens (tertiary/aromatic N) is 1. The summed E-state index contributed by atoms with van der Waals surface area (Å²) in [6.07, 6.45) is 4.21. The van der Waals surface area contributed by atoms with Crippen molar-refractivity contribution >= 4 is 11.9 Å².